The summed E-state index contributed by atoms with van der Waals surface area (Å²) in [5.74, 6) is 0. The third-order valence-corrected chi connectivity index (χ3v) is 2.04. The highest BCUT2D eigenvalue weighted by Crippen LogP contribution is 2.26. The Hall–Kier alpha value is -0.0800. The first-order valence-corrected chi connectivity index (χ1v) is 3.83. The highest BCUT2D eigenvalue weighted by molar-refractivity contribution is 4.75. The molecule has 10 heavy (non-hydrogen) atoms. The summed E-state index contributed by atoms with van der Waals surface area (Å²) in [4.78, 5) is 0. The van der Waals surface area contributed by atoms with E-state index >= 15 is 0 Å². The molecule has 0 saturated heterocycles. The standard InChI is InChI=1S/C8H18O2/c1-4-7(10)8(2,3)5-6-9/h7,9-10H,4-6H2,1-3H3. The number of hydrogen-bond donors (Lipinski definition) is 2. The van der Waals surface area contributed by atoms with Crippen LogP contribution in [-0.2, 0) is 0 Å². The highest BCUT2D eigenvalue weighted by atomic mass is 16.3. The summed E-state index contributed by atoms with van der Waals surface area (Å²) in [6.45, 7) is 6.04. The summed E-state index contributed by atoms with van der Waals surface area (Å²) in [7, 11) is 0. The summed E-state index contributed by atoms with van der Waals surface area (Å²) in [6, 6.07) is 0. The molecule has 0 fully saturated rings. The van der Waals surface area contributed by atoms with Crippen LogP contribution in [-0.4, -0.2) is 22.9 Å². The Kier molecular flexibility index (Phi) is 3.91. The number of rotatable bonds is 4. The van der Waals surface area contributed by atoms with Gasteiger partial charge < -0.3 is 10.2 Å². The fourth-order valence-corrected chi connectivity index (χ4v) is 1.01. The lowest BCUT2D eigenvalue weighted by molar-refractivity contribution is 0.0292. The maximum absolute atomic E-state index is 9.41. The van der Waals surface area contributed by atoms with Crippen molar-refractivity contribution in [3.63, 3.8) is 0 Å². The molecule has 0 saturated carbocycles. The van der Waals surface area contributed by atoms with Crippen molar-refractivity contribution in [2.45, 2.75) is 39.7 Å². The molecule has 1 atom stereocenters. The Balaban J connectivity index is 3.82. The fraction of sp³-hybridized carbons (Fsp3) is 1.00. The van der Waals surface area contributed by atoms with Crippen molar-refractivity contribution in [1.29, 1.82) is 0 Å². The molecule has 0 aliphatic carbocycles. The molecular formula is C8H18O2. The number of hydrogen-bond acceptors (Lipinski definition) is 2. The van der Waals surface area contributed by atoms with E-state index in [1.807, 2.05) is 20.8 Å². The summed E-state index contributed by atoms with van der Waals surface area (Å²) >= 11 is 0. The second-order valence-corrected chi connectivity index (χ2v) is 3.39. The summed E-state index contributed by atoms with van der Waals surface area (Å²) in [5.41, 5.74) is -0.135. The molecule has 0 aliphatic rings. The van der Waals surface area contributed by atoms with Gasteiger partial charge in [-0.3, -0.25) is 0 Å². The van der Waals surface area contributed by atoms with Crippen LogP contribution in [0, 0.1) is 5.41 Å². The Morgan fingerprint density at radius 1 is 1.40 bits per heavy atom. The lowest BCUT2D eigenvalue weighted by Gasteiger charge is -2.28. The van der Waals surface area contributed by atoms with E-state index in [2.05, 4.69) is 0 Å². The van der Waals surface area contributed by atoms with Gasteiger partial charge in [0.2, 0.25) is 0 Å². The molecule has 0 heterocycles. The lowest BCUT2D eigenvalue weighted by atomic mass is 9.82. The molecule has 0 aliphatic heterocycles. The Morgan fingerprint density at radius 2 is 1.90 bits per heavy atom. The maximum Gasteiger partial charge on any atom is 0.0589 e. The van der Waals surface area contributed by atoms with Crippen LogP contribution in [0.2, 0.25) is 0 Å². The molecule has 0 aromatic rings. The first kappa shape index (κ1) is 9.92. The topological polar surface area (TPSA) is 40.5 Å². The lowest BCUT2D eigenvalue weighted by Crippen LogP contribution is -2.29. The molecule has 0 amide bonds. The first-order chi connectivity index (χ1) is 4.54. The summed E-state index contributed by atoms with van der Waals surface area (Å²) in [5, 5.41) is 18.0. The molecule has 0 rings (SSSR count). The van der Waals surface area contributed by atoms with Crippen molar-refractivity contribution >= 4 is 0 Å². The zero-order chi connectivity index (χ0) is 8.20. The SMILES string of the molecule is CCC(O)C(C)(C)CCO. The van der Waals surface area contributed by atoms with Gasteiger partial charge in [0.15, 0.2) is 0 Å². The van der Waals surface area contributed by atoms with Crippen LogP contribution < -0.4 is 0 Å². The molecule has 2 N–H and O–H groups in total. The largest absolute Gasteiger partial charge is 0.396 e. The predicted molar refractivity (Wildman–Crippen MR) is 41.8 cm³/mol. The molecule has 62 valence electrons. The van der Waals surface area contributed by atoms with Crippen molar-refractivity contribution in [2.75, 3.05) is 6.61 Å². The van der Waals surface area contributed by atoms with Crippen LogP contribution in [0.3, 0.4) is 0 Å². The van der Waals surface area contributed by atoms with Gasteiger partial charge in [0, 0.05) is 6.61 Å². The van der Waals surface area contributed by atoms with Gasteiger partial charge in [0.05, 0.1) is 6.10 Å². The van der Waals surface area contributed by atoms with Crippen molar-refractivity contribution < 1.29 is 10.2 Å². The van der Waals surface area contributed by atoms with Gasteiger partial charge in [-0.25, -0.2) is 0 Å². The van der Waals surface area contributed by atoms with E-state index in [1.54, 1.807) is 0 Å². The van der Waals surface area contributed by atoms with E-state index in [4.69, 9.17) is 5.11 Å². The van der Waals surface area contributed by atoms with Gasteiger partial charge in [0.1, 0.15) is 0 Å². The molecule has 0 aromatic carbocycles. The number of aliphatic hydroxyl groups is 2. The Labute approximate surface area is 62.9 Å². The highest BCUT2D eigenvalue weighted by Gasteiger charge is 2.25. The third-order valence-electron chi connectivity index (χ3n) is 2.04. The van der Waals surface area contributed by atoms with E-state index in [-0.39, 0.29) is 18.1 Å². The molecule has 0 bridgehead atoms. The second kappa shape index (κ2) is 3.94. The van der Waals surface area contributed by atoms with Gasteiger partial charge in [-0.2, -0.15) is 0 Å². The van der Waals surface area contributed by atoms with Crippen LogP contribution in [0.5, 0.6) is 0 Å². The normalized spacial score (nSPS) is 15.3. The van der Waals surface area contributed by atoms with Crippen LogP contribution >= 0.6 is 0 Å². The quantitative estimate of drug-likeness (QED) is 0.625. The minimum Gasteiger partial charge on any atom is -0.396 e. The average Bonchev–Trinajstić information content (AvgIpc) is 1.86. The first-order valence-electron chi connectivity index (χ1n) is 3.83. The average molecular weight is 146 g/mol. The third kappa shape index (κ3) is 2.67. The zero-order valence-electron chi connectivity index (χ0n) is 7.09. The van der Waals surface area contributed by atoms with Crippen molar-refractivity contribution in [2.24, 2.45) is 5.41 Å². The number of aliphatic hydroxyl groups excluding tert-OH is 2. The Morgan fingerprint density at radius 3 is 2.20 bits per heavy atom. The van der Waals surface area contributed by atoms with E-state index in [0.717, 1.165) is 6.42 Å². The van der Waals surface area contributed by atoms with E-state index in [0.29, 0.717) is 6.42 Å². The van der Waals surface area contributed by atoms with E-state index < -0.39 is 0 Å². The molecule has 0 radical (unpaired) electrons. The summed E-state index contributed by atoms with van der Waals surface area (Å²) < 4.78 is 0. The van der Waals surface area contributed by atoms with Crippen molar-refractivity contribution in [3.8, 4) is 0 Å². The fourth-order valence-electron chi connectivity index (χ4n) is 1.01. The van der Waals surface area contributed by atoms with Gasteiger partial charge in [-0.05, 0) is 18.3 Å². The van der Waals surface area contributed by atoms with E-state index in [1.165, 1.54) is 0 Å². The smallest absolute Gasteiger partial charge is 0.0589 e. The second-order valence-electron chi connectivity index (χ2n) is 3.39. The Bertz CT molecular complexity index is 89.3. The van der Waals surface area contributed by atoms with Crippen LogP contribution in [0.1, 0.15) is 33.6 Å². The van der Waals surface area contributed by atoms with Gasteiger partial charge in [-0.15, -0.1) is 0 Å². The monoisotopic (exact) mass is 146 g/mol. The van der Waals surface area contributed by atoms with Gasteiger partial charge in [-0.1, -0.05) is 20.8 Å². The molecule has 1 unspecified atom stereocenters. The van der Waals surface area contributed by atoms with Crippen LogP contribution in [0.15, 0.2) is 0 Å². The molecule has 0 spiro atoms. The molecule has 2 nitrogen and oxygen atoms in total. The van der Waals surface area contributed by atoms with Gasteiger partial charge in [0.25, 0.3) is 0 Å². The van der Waals surface area contributed by atoms with Crippen molar-refractivity contribution in [3.05, 3.63) is 0 Å². The molecule has 2 heteroatoms. The minimum atomic E-state index is -0.292. The zero-order valence-corrected chi connectivity index (χ0v) is 7.09. The van der Waals surface area contributed by atoms with Gasteiger partial charge >= 0.3 is 0 Å². The predicted octanol–water partition coefficient (Wildman–Crippen LogP) is 1.17. The van der Waals surface area contributed by atoms with Crippen LogP contribution in [0.25, 0.3) is 0 Å². The van der Waals surface area contributed by atoms with Crippen molar-refractivity contribution in [1.82, 2.24) is 0 Å². The summed E-state index contributed by atoms with van der Waals surface area (Å²) in [6.07, 6.45) is 1.13. The minimum absolute atomic E-state index is 0.135. The van der Waals surface area contributed by atoms with Crippen LogP contribution in [0.4, 0.5) is 0 Å². The maximum atomic E-state index is 9.41. The van der Waals surface area contributed by atoms with E-state index in [9.17, 15) is 5.11 Å². The molecular weight excluding hydrogens is 128 g/mol. The molecule has 0 aromatic heterocycles.